The molecule has 2 aliphatic rings. The van der Waals surface area contributed by atoms with Gasteiger partial charge in [-0.3, -0.25) is 0 Å². The minimum Gasteiger partial charge on any atom is -0.455 e. The molecule has 0 fully saturated rings. The monoisotopic (exact) mass is 464 g/mol. The maximum absolute atomic E-state index is 6.67. The fraction of sp³-hybridized carbons (Fsp3) is 0.226. The molecule has 2 bridgehead atoms. The number of unbranched alkanes of at least 4 members (excludes halogenated alkanes) is 1. The lowest BCUT2D eigenvalue weighted by Gasteiger charge is -2.39. The second-order valence-electron chi connectivity index (χ2n) is 9.13. The Balaban J connectivity index is 1.58. The normalized spacial score (nSPS) is 17.9. The highest BCUT2D eigenvalue weighted by Crippen LogP contribution is 2.50. The van der Waals surface area contributed by atoms with Gasteiger partial charge in [0, 0.05) is 28.8 Å². The van der Waals surface area contributed by atoms with Crippen LogP contribution in [0.25, 0.3) is 0 Å². The Labute approximate surface area is 203 Å². The first-order valence-corrected chi connectivity index (χ1v) is 13.7. The molecule has 0 saturated carbocycles. The number of rotatable bonds is 6. The van der Waals surface area contributed by atoms with Crippen LogP contribution in [0.15, 0.2) is 97.1 Å². The third-order valence-electron chi connectivity index (χ3n) is 6.85. The van der Waals surface area contributed by atoms with E-state index in [1.807, 2.05) is 6.07 Å². The summed E-state index contributed by atoms with van der Waals surface area (Å²) in [6.45, 7) is 2.27. The van der Waals surface area contributed by atoms with E-state index in [-0.39, 0.29) is 6.29 Å². The fourth-order valence-electron chi connectivity index (χ4n) is 5.24. The first-order valence-electron chi connectivity index (χ1n) is 12.3. The van der Waals surface area contributed by atoms with Gasteiger partial charge in [-0.1, -0.05) is 98.3 Å². The Morgan fingerprint density at radius 3 is 2.15 bits per heavy atom. The summed E-state index contributed by atoms with van der Waals surface area (Å²) in [5.41, 5.74) is 4.03. The lowest BCUT2D eigenvalue weighted by atomic mass is 9.83. The molecule has 0 aliphatic carbocycles. The van der Waals surface area contributed by atoms with E-state index in [4.69, 9.17) is 9.47 Å². The fourth-order valence-corrected chi connectivity index (χ4v) is 7.71. The smallest absolute Gasteiger partial charge is 0.242 e. The average molecular weight is 465 g/mol. The summed E-state index contributed by atoms with van der Waals surface area (Å²) in [5, 5.41) is 4.01. The maximum Gasteiger partial charge on any atom is 0.242 e. The summed E-state index contributed by atoms with van der Waals surface area (Å²) < 4.78 is 13.0. The lowest BCUT2D eigenvalue weighted by Crippen LogP contribution is -2.38. The summed E-state index contributed by atoms with van der Waals surface area (Å²) in [7, 11) is -0.759. The Morgan fingerprint density at radius 1 is 0.765 bits per heavy atom. The molecule has 2 aliphatic heterocycles. The molecule has 3 heteroatoms. The molecule has 0 saturated heterocycles. The third kappa shape index (κ3) is 3.91. The van der Waals surface area contributed by atoms with Crippen molar-refractivity contribution in [2.24, 2.45) is 0 Å². The van der Waals surface area contributed by atoms with E-state index in [1.54, 1.807) is 0 Å². The van der Waals surface area contributed by atoms with Crippen molar-refractivity contribution < 1.29 is 9.47 Å². The molecule has 170 valence electrons. The number of aryl methyl sites for hydroxylation is 1. The largest absolute Gasteiger partial charge is 0.455 e. The van der Waals surface area contributed by atoms with Crippen molar-refractivity contribution in [3.05, 3.63) is 114 Å². The molecule has 2 unspecified atom stereocenters. The van der Waals surface area contributed by atoms with Crippen LogP contribution in [0.4, 0.5) is 0 Å². The highest BCUT2D eigenvalue weighted by molar-refractivity contribution is 7.80. The molecule has 4 aromatic rings. The molecule has 0 N–H and O–H groups in total. The van der Waals surface area contributed by atoms with Crippen LogP contribution in [0.2, 0.25) is 0 Å². The second-order valence-corrected chi connectivity index (χ2v) is 11.3. The number of hydrogen-bond donors (Lipinski definition) is 0. The highest BCUT2D eigenvalue weighted by atomic mass is 31.1. The van der Waals surface area contributed by atoms with Gasteiger partial charge >= 0.3 is 0 Å². The van der Waals surface area contributed by atoms with Crippen LogP contribution in [0.5, 0.6) is 11.5 Å². The molecule has 2 heterocycles. The molecule has 2 atom stereocenters. The predicted molar refractivity (Wildman–Crippen MR) is 142 cm³/mol. The number of benzene rings is 4. The van der Waals surface area contributed by atoms with Gasteiger partial charge in [-0.25, -0.2) is 0 Å². The van der Waals surface area contributed by atoms with Crippen molar-refractivity contribution in [1.29, 1.82) is 0 Å². The average Bonchev–Trinajstić information content (AvgIpc) is 2.89. The van der Waals surface area contributed by atoms with E-state index >= 15 is 0 Å². The topological polar surface area (TPSA) is 18.5 Å². The zero-order valence-corrected chi connectivity index (χ0v) is 20.4. The molecule has 4 aromatic carbocycles. The number of ether oxygens (including phenoxy) is 2. The van der Waals surface area contributed by atoms with Crippen LogP contribution in [-0.4, -0.2) is 6.29 Å². The molecular formula is C31H29O2P. The van der Waals surface area contributed by atoms with Crippen molar-refractivity contribution >= 4 is 23.8 Å². The van der Waals surface area contributed by atoms with E-state index < -0.39 is 7.92 Å². The standard InChI is InChI=1S/C31H29O2P/c1-2-3-12-22-19-27-26-21-30(32-28-18-11-10-17-25(26)28)33-31(27)29(20-22)34(23-13-6-4-7-14-23)24-15-8-5-9-16-24/h4-11,13-20,26,30H,2-3,12,21H2,1H3. The molecule has 0 radical (unpaired) electrons. The number of hydrogen-bond acceptors (Lipinski definition) is 2. The van der Waals surface area contributed by atoms with Crippen molar-refractivity contribution in [2.75, 3.05) is 0 Å². The van der Waals surface area contributed by atoms with Crippen LogP contribution in [0, 0.1) is 0 Å². The lowest BCUT2D eigenvalue weighted by molar-refractivity contribution is -0.0256. The quantitative estimate of drug-likeness (QED) is 0.307. The van der Waals surface area contributed by atoms with Crippen LogP contribution >= 0.6 is 7.92 Å². The van der Waals surface area contributed by atoms with E-state index in [2.05, 4.69) is 97.9 Å². The van der Waals surface area contributed by atoms with Gasteiger partial charge in [0.05, 0.1) is 0 Å². The van der Waals surface area contributed by atoms with Crippen LogP contribution in [-0.2, 0) is 6.42 Å². The van der Waals surface area contributed by atoms with Gasteiger partial charge in [-0.15, -0.1) is 0 Å². The minimum absolute atomic E-state index is 0.240. The van der Waals surface area contributed by atoms with Crippen molar-refractivity contribution in [1.82, 2.24) is 0 Å². The summed E-state index contributed by atoms with van der Waals surface area (Å²) in [6.07, 6.45) is 4.11. The van der Waals surface area contributed by atoms with Gasteiger partial charge in [0.2, 0.25) is 6.29 Å². The predicted octanol–water partition coefficient (Wildman–Crippen LogP) is 6.42. The molecule has 34 heavy (non-hydrogen) atoms. The molecule has 0 aromatic heterocycles. The van der Waals surface area contributed by atoms with Gasteiger partial charge in [-0.05, 0) is 49.1 Å². The van der Waals surface area contributed by atoms with E-state index in [0.29, 0.717) is 5.92 Å². The van der Waals surface area contributed by atoms with Crippen LogP contribution in [0.3, 0.4) is 0 Å². The Morgan fingerprint density at radius 2 is 1.44 bits per heavy atom. The molecule has 0 spiro atoms. The summed E-state index contributed by atoms with van der Waals surface area (Å²) >= 11 is 0. The first-order chi connectivity index (χ1) is 16.8. The molecular weight excluding hydrogens is 435 g/mol. The summed E-state index contributed by atoms with van der Waals surface area (Å²) in [5.74, 6) is 2.31. The first kappa shape index (κ1) is 21.4. The van der Waals surface area contributed by atoms with Crippen LogP contribution < -0.4 is 25.4 Å². The van der Waals surface area contributed by atoms with E-state index in [1.165, 1.54) is 45.4 Å². The van der Waals surface area contributed by atoms with Gasteiger partial charge in [0.1, 0.15) is 11.5 Å². The number of fused-ring (bicyclic) bond motifs is 6. The molecule has 0 amide bonds. The van der Waals surface area contributed by atoms with Gasteiger partial charge in [-0.2, -0.15) is 0 Å². The Hall–Kier alpha value is -3.09. The Kier molecular flexibility index (Phi) is 5.85. The zero-order valence-electron chi connectivity index (χ0n) is 19.5. The van der Waals surface area contributed by atoms with Gasteiger partial charge in [0.15, 0.2) is 0 Å². The Bertz CT molecular complexity index is 1250. The van der Waals surface area contributed by atoms with E-state index in [0.717, 1.165) is 24.3 Å². The van der Waals surface area contributed by atoms with Crippen molar-refractivity contribution in [2.45, 2.75) is 44.8 Å². The SMILES string of the molecule is CCCCc1cc2c(c(P(c3ccccc3)c3ccccc3)c1)OC1CC2c2ccccc2O1. The zero-order chi connectivity index (χ0) is 22.9. The van der Waals surface area contributed by atoms with Crippen molar-refractivity contribution in [3.63, 3.8) is 0 Å². The maximum atomic E-state index is 6.67. The molecule has 2 nitrogen and oxygen atoms in total. The molecule has 6 rings (SSSR count). The summed E-state index contributed by atoms with van der Waals surface area (Å²) in [6, 6.07) is 35.2. The summed E-state index contributed by atoms with van der Waals surface area (Å²) in [4.78, 5) is 0. The highest BCUT2D eigenvalue weighted by Gasteiger charge is 2.39. The van der Waals surface area contributed by atoms with Gasteiger partial charge < -0.3 is 9.47 Å². The number of para-hydroxylation sites is 1. The van der Waals surface area contributed by atoms with Gasteiger partial charge in [0.25, 0.3) is 0 Å². The van der Waals surface area contributed by atoms with E-state index in [9.17, 15) is 0 Å². The van der Waals surface area contributed by atoms with Crippen molar-refractivity contribution in [3.8, 4) is 11.5 Å². The second kappa shape index (κ2) is 9.28. The third-order valence-corrected chi connectivity index (χ3v) is 9.30. The minimum atomic E-state index is -0.759. The van der Waals surface area contributed by atoms with Crippen LogP contribution in [0.1, 0.15) is 48.8 Å².